The second kappa shape index (κ2) is 3.60. The Labute approximate surface area is 85.3 Å². The molecular weight excluding hydrogens is 174 g/mol. The van der Waals surface area contributed by atoms with Crippen LogP contribution in [-0.2, 0) is 4.79 Å². The summed E-state index contributed by atoms with van der Waals surface area (Å²) in [4.78, 5) is 13.8. The van der Waals surface area contributed by atoms with E-state index in [0.717, 1.165) is 37.9 Å². The molecule has 0 unspecified atom stereocenters. The van der Waals surface area contributed by atoms with Crippen molar-refractivity contribution in [2.75, 3.05) is 13.1 Å². The lowest BCUT2D eigenvalue weighted by molar-refractivity contribution is -0.114. The summed E-state index contributed by atoms with van der Waals surface area (Å²) in [7, 11) is 0. The second-order valence-electron chi connectivity index (χ2n) is 4.18. The number of Topliss-reactive ketones (excluding diaryl/α,β-unsaturated/α-hetero) is 1. The lowest BCUT2D eigenvalue weighted by atomic mass is 9.90. The molecule has 1 fully saturated rings. The molecule has 2 heteroatoms. The van der Waals surface area contributed by atoms with E-state index in [1.165, 1.54) is 17.7 Å². The molecule has 2 nitrogen and oxygen atoms in total. The molecule has 0 N–H and O–H groups in total. The molecule has 76 valence electrons. The highest BCUT2D eigenvalue weighted by Crippen LogP contribution is 2.33. The minimum absolute atomic E-state index is 0.229. The highest BCUT2D eigenvalue weighted by Gasteiger charge is 2.26. The molecule has 0 radical (unpaired) electrons. The van der Waals surface area contributed by atoms with Crippen molar-refractivity contribution in [3.63, 3.8) is 0 Å². The summed E-state index contributed by atoms with van der Waals surface area (Å²) in [6, 6.07) is 0. The molecule has 0 aliphatic carbocycles. The van der Waals surface area contributed by atoms with E-state index in [4.69, 9.17) is 0 Å². The van der Waals surface area contributed by atoms with E-state index in [1.54, 1.807) is 6.92 Å². The van der Waals surface area contributed by atoms with Crippen LogP contribution < -0.4 is 0 Å². The zero-order valence-corrected chi connectivity index (χ0v) is 8.81. The summed E-state index contributed by atoms with van der Waals surface area (Å²) < 4.78 is 0. The number of hydrogen-bond acceptors (Lipinski definition) is 2. The molecule has 2 rings (SSSR count). The molecule has 1 saturated heterocycles. The average molecular weight is 191 g/mol. The highest BCUT2D eigenvalue weighted by molar-refractivity contribution is 5.94. The Balaban J connectivity index is 2.41. The van der Waals surface area contributed by atoms with Gasteiger partial charge in [-0.05, 0) is 38.2 Å². The van der Waals surface area contributed by atoms with Gasteiger partial charge in [-0.2, -0.15) is 0 Å². The summed E-state index contributed by atoms with van der Waals surface area (Å²) in [5.41, 5.74) is 3.36. The van der Waals surface area contributed by atoms with Crippen molar-refractivity contribution in [1.82, 2.24) is 4.90 Å². The molecule has 0 amide bonds. The van der Waals surface area contributed by atoms with E-state index in [1.807, 2.05) is 0 Å². The monoisotopic (exact) mass is 191 g/mol. The number of ketones is 1. The van der Waals surface area contributed by atoms with E-state index in [9.17, 15) is 4.79 Å². The molecule has 14 heavy (non-hydrogen) atoms. The quantitative estimate of drug-likeness (QED) is 0.633. The number of carbonyl (C=O) groups excluding carboxylic acids is 1. The summed E-state index contributed by atoms with van der Waals surface area (Å²) in [5.74, 6) is 0.229. The largest absolute Gasteiger partial charge is 0.371 e. The average Bonchev–Trinajstić information content (AvgIpc) is 2.17. The van der Waals surface area contributed by atoms with Gasteiger partial charge in [-0.25, -0.2) is 0 Å². The van der Waals surface area contributed by atoms with Crippen LogP contribution in [0.25, 0.3) is 0 Å². The Hall–Kier alpha value is -1.05. The van der Waals surface area contributed by atoms with Crippen molar-refractivity contribution in [2.45, 2.75) is 32.6 Å². The number of rotatable bonds is 1. The first-order valence-corrected chi connectivity index (χ1v) is 5.37. The van der Waals surface area contributed by atoms with Gasteiger partial charge in [0.2, 0.25) is 0 Å². The second-order valence-corrected chi connectivity index (χ2v) is 4.18. The number of nitrogens with zero attached hydrogens (tertiary/aromatic N) is 1. The predicted octanol–water partition coefficient (Wildman–Crippen LogP) is 2.28. The first kappa shape index (κ1) is 9.50. The molecule has 0 atom stereocenters. The summed E-state index contributed by atoms with van der Waals surface area (Å²) in [6.45, 7) is 7.96. The lowest BCUT2D eigenvalue weighted by Gasteiger charge is -2.38. The van der Waals surface area contributed by atoms with Crippen molar-refractivity contribution in [1.29, 1.82) is 0 Å². The van der Waals surface area contributed by atoms with Gasteiger partial charge in [0.15, 0.2) is 5.78 Å². The Morgan fingerprint density at radius 2 is 1.93 bits per heavy atom. The highest BCUT2D eigenvalue weighted by atomic mass is 16.1. The summed E-state index contributed by atoms with van der Waals surface area (Å²) >= 11 is 0. The molecule has 2 heterocycles. The Morgan fingerprint density at radius 3 is 2.57 bits per heavy atom. The van der Waals surface area contributed by atoms with Crippen LogP contribution in [0.3, 0.4) is 0 Å². The van der Waals surface area contributed by atoms with Gasteiger partial charge in [0.05, 0.1) is 0 Å². The van der Waals surface area contributed by atoms with Crippen LogP contribution in [0.4, 0.5) is 0 Å². The van der Waals surface area contributed by atoms with Gasteiger partial charge in [0, 0.05) is 24.4 Å². The van der Waals surface area contributed by atoms with E-state index in [-0.39, 0.29) is 5.78 Å². The van der Waals surface area contributed by atoms with Crippen LogP contribution >= 0.6 is 0 Å². The minimum atomic E-state index is 0.229. The third-order valence-corrected chi connectivity index (χ3v) is 3.12. The number of fused-ring (bicyclic) bond motifs is 1. The topological polar surface area (TPSA) is 20.3 Å². The summed E-state index contributed by atoms with van der Waals surface area (Å²) in [6.07, 6.45) is 4.31. The van der Waals surface area contributed by atoms with Gasteiger partial charge < -0.3 is 4.90 Å². The maximum Gasteiger partial charge on any atom is 0.157 e. The van der Waals surface area contributed by atoms with Crippen LogP contribution in [0.2, 0.25) is 0 Å². The molecule has 0 bridgehead atoms. The Morgan fingerprint density at radius 1 is 1.29 bits per heavy atom. The fourth-order valence-corrected chi connectivity index (χ4v) is 2.47. The van der Waals surface area contributed by atoms with Crippen molar-refractivity contribution in [3.8, 4) is 0 Å². The van der Waals surface area contributed by atoms with Crippen LogP contribution in [0, 0.1) is 0 Å². The fraction of sp³-hybridized carbons (Fsp3) is 0.583. The van der Waals surface area contributed by atoms with E-state index in [2.05, 4.69) is 11.5 Å². The van der Waals surface area contributed by atoms with Gasteiger partial charge in [0.1, 0.15) is 0 Å². The van der Waals surface area contributed by atoms with E-state index >= 15 is 0 Å². The van der Waals surface area contributed by atoms with Crippen LogP contribution in [0.1, 0.15) is 32.6 Å². The smallest absolute Gasteiger partial charge is 0.157 e. The van der Waals surface area contributed by atoms with Crippen molar-refractivity contribution in [3.05, 3.63) is 23.4 Å². The first-order valence-electron chi connectivity index (χ1n) is 5.37. The summed E-state index contributed by atoms with van der Waals surface area (Å²) in [5, 5.41) is 0. The van der Waals surface area contributed by atoms with Gasteiger partial charge in [-0.1, -0.05) is 6.58 Å². The standard InChI is InChI=1S/C12H17NO/c1-9-5-3-7-13-8-4-6-11(10(2)14)12(9)13/h1,3-8H2,2H3. The maximum absolute atomic E-state index is 11.5. The predicted molar refractivity (Wildman–Crippen MR) is 56.9 cm³/mol. The number of piperidine rings is 1. The fourth-order valence-electron chi connectivity index (χ4n) is 2.47. The van der Waals surface area contributed by atoms with Gasteiger partial charge in [-0.15, -0.1) is 0 Å². The number of allylic oxidation sites excluding steroid dienone is 2. The minimum Gasteiger partial charge on any atom is -0.371 e. The SMILES string of the molecule is C=C1CCCN2CCCC(C(C)=O)=C12. The molecule has 0 spiro atoms. The number of carbonyl (C=O) groups is 1. The molecule has 2 aliphatic rings. The van der Waals surface area contributed by atoms with Crippen molar-refractivity contribution in [2.24, 2.45) is 0 Å². The molecule has 0 aromatic rings. The van der Waals surface area contributed by atoms with Crippen LogP contribution in [0.5, 0.6) is 0 Å². The van der Waals surface area contributed by atoms with Gasteiger partial charge in [0.25, 0.3) is 0 Å². The maximum atomic E-state index is 11.5. The van der Waals surface area contributed by atoms with Gasteiger partial charge in [-0.3, -0.25) is 4.79 Å². The Kier molecular flexibility index (Phi) is 2.44. The molecule has 0 aromatic carbocycles. The van der Waals surface area contributed by atoms with Crippen LogP contribution in [0.15, 0.2) is 23.4 Å². The third kappa shape index (κ3) is 1.49. The normalized spacial score (nSPS) is 22.4. The Bertz CT molecular complexity index is 314. The zero-order valence-electron chi connectivity index (χ0n) is 8.81. The van der Waals surface area contributed by atoms with Crippen molar-refractivity contribution < 1.29 is 4.79 Å². The lowest BCUT2D eigenvalue weighted by Crippen LogP contribution is -2.35. The van der Waals surface area contributed by atoms with Crippen LogP contribution in [-0.4, -0.2) is 23.8 Å². The molecule has 0 aromatic heterocycles. The van der Waals surface area contributed by atoms with E-state index < -0.39 is 0 Å². The van der Waals surface area contributed by atoms with E-state index in [0.29, 0.717) is 0 Å². The molecular formula is C12H17NO. The van der Waals surface area contributed by atoms with Crippen molar-refractivity contribution >= 4 is 5.78 Å². The molecule has 0 saturated carbocycles. The molecule has 2 aliphatic heterocycles. The third-order valence-electron chi connectivity index (χ3n) is 3.12. The van der Waals surface area contributed by atoms with Gasteiger partial charge >= 0.3 is 0 Å². The first-order chi connectivity index (χ1) is 6.70. The zero-order chi connectivity index (χ0) is 10.1. The number of hydrogen-bond donors (Lipinski definition) is 0.